The van der Waals surface area contributed by atoms with Crippen LogP contribution in [0.2, 0.25) is 0 Å². The normalized spacial score (nSPS) is 13.1. The average Bonchev–Trinajstić information content (AvgIpc) is 2.10. The predicted octanol–water partition coefficient (Wildman–Crippen LogP) is 1.16. The molecule has 0 saturated carbocycles. The summed E-state index contributed by atoms with van der Waals surface area (Å²) in [5.41, 5.74) is -0.613. The van der Waals surface area contributed by atoms with Crippen LogP contribution in [-0.2, 0) is 19.2 Å². The van der Waals surface area contributed by atoms with Crippen molar-refractivity contribution >= 4 is 11.9 Å². The highest BCUT2D eigenvalue weighted by Gasteiger charge is 2.31. The molecule has 0 bridgehead atoms. The largest absolute Gasteiger partial charge is 0.459 e. The number of nitrogens with two attached hydrogens (primary N) is 1. The summed E-state index contributed by atoms with van der Waals surface area (Å²) in [7, 11) is 0. The van der Waals surface area contributed by atoms with Gasteiger partial charge in [-0.3, -0.25) is 4.79 Å². The molecule has 0 aromatic heterocycles. The average molecular weight is 217 g/mol. The molecule has 0 aliphatic carbocycles. The SMILES string of the molecule is CCCC(C(=O)ON)C(=O)OC(C)(C)C. The van der Waals surface area contributed by atoms with E-state index < -0.39 is 23.5 Å². The standard InChI is InChI=1S/C10H19NO4/c1-5-6-7(9(13)15-11)8(12)14-10(2,3)4/h7H,5-6,11H2,1-4H3. The van der Waals surface area contributed by atoms with Crippen molar-refractivity contribution in [3.8, 4) is 0 Å². The molecule has 0 aromatic rings. The molecule has 5 heteroatoms. The lowest BCUT2D eigenvalue weighted by Crippen LogP contribution is -2.34. The highest BCUT2D eigenvalue weighted by molar-refractivity contribution is 5.94. The zero-order valence-corrected chi connectivity index (χ0v) is 9.70. The molecule has 0 heterocycles. The summed E-state index contributed by atoms with van der Waals surface area (Å²) in [4.78, 5) is 26.8. The number of carbonyl (C=O) groups excluding carboxylic acids is 2. The van der Waals surface area contributed by atoms with Crippen LogP contribution < -0.4 is 5.90 Å². The molecular weight excluding hydrogens is 198 g/mol. The molecule has 0 aliphatic rings. The Hall–Kier alpha value is -1.10. The smallest absolute Gasteiger partial charge is 0.338 e. The molecule has 0 aromatic carbocycles. The first-order valence-electron chi connectivity index (χ1n) is 4.95. The second-order valence-electron chi connectivity index (χ2n) is 4.31. The van der Waals surface area contributed by atoms with Gasteiger partial charge in [0.05, 0.1) is 0 Å². The van der Waals surface area contributed by atoms with Crippen LogP contribution in [0.25, 0.3) is 0 Å². The van der Waals surface area contributed by atoms with Crippen molar-refractivity contribution in [1.82, 2.24) is 0 Å². The molecule has 1 atom stereocenters. The lowest BCUT2D eigenvalue weighted by Gasteiger charge is -2.22. The molecule has 1 unspecified atom stereocenters. The van der Waals surface area contributed by atoms with Gasteiger partial charge in [-0.1, -0.05) is 13.3 Å². The molecular formula is C10H19NO4. The topological polar surface area (TPSA) is 78.6 Å². The minimum absolute atomic E-state index is 0.380. The number of rotatable bonds is 4. The number of hydrogen-bond donors (Lipinski definition) is 1. The van der Waals surface area contributed by atoms with Gasteiger partial charge in [0.2, 0.25) is 0 Å². The third-order valence-electron chi connectivity index (χ3n) is 1.67. The van der Waals surface area contributed by atoms with Crippen molar-refractivity contribution in [2.45, 2.75) is 46.1 Å². The first-order valence-corrected chi connectivity index (χ1v) is 4.95. The molecule has 15 heavy (non-hydrogen) atoms. The number of ether oxygens (including phenoxy) is 1. The predicted molar refractivity (Wildman–Crippen MR) is 54.5 cm³/mol. The highest BCUT2D eigenvalue weighted by Crippen LogP contribution is 2.15. The van der Waals surface area contributed by atoms with Gasteiger partial charge in [0.1, 0.15) is 5.60 Å². The van der Waals surface area contributed by atoms with Crippen molar-refractivity contribution in [3.63, 3.8) is 0 Å². The highest BCUT2D eigenvalue weighted by atomic mass is 16.7. The summed E-state index contributed by atoms with van der Waals surface area (Å²) in [5, 5.41) is 0. The third kappa shape index (κ3) is 5.37. The van der Waals surface area contributed by atoms with E-state index in [9.17, 15) is 9.59 Å². The van der Waals surface area contributed by atoms with E-state index in [1.54, 1.807) is 20.8 Å². The molecule has 5 nitrogen and oxygen atoms in total. The Morgan fingerprint density at radius 1 is 1.27 bits per heavy atom. The van der Waals surface area contributed by atoms with Crippen LogP contribution >= 0.6 is 0 Å². The summed E-state index contributed by atoms with van der Waals surface area (Å²) >= 11 is 0. The quantitative estimate of drug-likeness (QED) is 0.434. The molecule has 0 fully saturated rings. The number of carbonyl (C=O) groups is 2. The first kappa shape index (κ1) is 13.9. The van der Waals surface area contributed by atoms with Crippen LogP contribution in [0.4, 0.5) is 0 Å². The molecule has 0 saturated heterocycles. The van der Waals surface area contributed by atoms with Crippen molar-refractivity contribution in [2.75, 3.05) is 0 Å². The van der Waals surface area contributed by atoms with Gasteiger partial charge in [0, 0.05) is 0 Å². The molecule has 0 spiro atoms. The van der Waals surface area contributed by atoms with E-state index in [0.29, 0.717) is 12.8 Å². The maximum Gasteiger partial charge on any atom is 0.338 e. The van der Waals surface area contributed by atoms with Gasteiger partial charge in [0.25, 0.3) is 0 Å². The van der Waals surface area contributed by atoms with Gasteiger partial charge < -0.3 is 9.57 Å². The van der Waals surface area contributed by atoms with Gasteiger partial charge in [-0.25, -0.2) is 4.79 Å². The fourth-order valence-corrected chi connectivity index (χ4v) is 1.08. The monoisotopic (exact) mass is 217 g/mol. The zero-order chi connectivity index (χ0) is 12.1. The summed E-state index contributed by atoms with van der Waals surface area (Å²) in [6, 6.07) is 0. The summed E-state index contributed by atoms with van der Waals surface area (Å²) in [5.74, 6) is 2.50. The minimum Gasteiger partial charge on any atom is -0.459 e. The van der Waals surface area contributed by atoms with E-state index in [1.807, 2.05) is 6.92 Å². The summed E-state index contributed by atoms with van der Waals surface area (Å²) < 4.78 is 5.08. The van der Waals surface area contributed by atoms with Gasteiger partial charge in [0.15, 0.2) is 5.92 Å². The Kier molecular flexibility index (Phi) is 5.28. The third-order valence-corrected chi connectivity index (χ3v) is 1.67. The van der Waals surface area contributed by atoms with Gasteiger partial charge in [-0.15, -0.1) is 0 Å². The lowest BCUT2D eigenvalue weighted by atomic mass is 10.0. The zero-order valence-electron chi connectivity index (χ0n) is 9.70. The first-order chi connectivity index (χ1) is 6.81. The molecule has 0 rings (SSSR count). The van der Waals surface area contributed by atoms with Crippen molar-refractivity contribution in [3.05, 3.63) is 0 Å². The number of esters is 1. The molecule has 0 radical (unpaired) electrons. The van der Waals surface area contributed by atoms with E-state index in [1.165, 1.54) is 0 Å². The van der Waals surface area contributed by atoms with E-state index in [2.05, 4.69) is 4.84 Å². The van der Waals surface area contributed by atoms with Crippen LogP contribution in [0, 0.1) is 5.92 Å². The fourth-order valence-electron chi connectivity index (χ4n) is 1.08. The van der Waals surface area contributed by atoms with E-state index in [4.69, 9.17) is 10.6 Å². The maximum absolute atomic E-state index is 11.6. The Balaban J connectivity index is 4.49. The van der Waals surface area contributed by atoms with Crippen LogP contribution in [0.5, 0.6) is 0 Å². The molecule has 2 N–H and O–H groups in total. The van der Waals surface area contributed by atoms with E-state index >= 15 is 0 Å². The van der Waals surface area contributed by atoms with Crippen LogP contribution in [0.15, 0.2) is 0 Å². The summed E-state index contributed by atoms with van der Waals surface area (Å²) in [6.45, 7) is 7.08. The van der Waals surface area contributed by atoms with Crippen molar-refractivity contribution in [2.24, 2.45) is 11.8 Å². The Morgan fingerprint density at radius 3 is 2.13 bits per heavy atom. The van der Waals surface area contributed by atoms with E-state index in [0.717, 1.165) is 0 Å². The van der Waals surface area contributed by atoms with Crippen LogP contribution in [0.1, 0.15) is 40.5 Å². The molecule has 0 amide bonds. The second-order valence-corrected chi connectivity index (χ2v) is 4.31. The number of hydrogen-bond acceptors (Lipinski definition) is 5. The van der Waals surface area contributed by atoms with Crippen molar-refractivity contribution < 1.29 is 19.2 Å². The summed E-state index contributed by atoms with van der Waals surface area (Å²) in [6.07, 6.45) is 1.06. The second kappa shape index (κ2) is 5.70. The Labute approximate surface area is 89.9 Å². The molecule has 88 valence electrons. The minimum atomic E-state index is -0.917. The lowest BCUT2D eigenvalue weighted by molar-refractivity contribution is -0.169. The van der Waals surface area contributed by atoms with Crippen LogP contribution in [0.3, 0.4) is 0 Å². The van der Waals surface area contributed by atoms with Gasteiger partial charge in [-0.2, -0.15) is 5.90 Å². The molecule has 0 aliphatic heterocycles. The fraction of sp³-hybridized carbons (Fsp3) is 0.800. The maximum atomic E-state index is 11.6. The van der Waals surface area contributed by atoms with Gasteiger partial charge >= 0.3 is 11.9 Å². The van der Waals surface area contributed by atoms with Crippen molar-refractivity contribution in [1.29, 1.82) is 0 Å². The van der Waals surface area contributed by atoms with E-state index in [-0.39, 0.29) is 0 Å². The Morgan fingerprint density at radius 2 is 1.80 bits per heavy atom. The van der Waals surface area contributed by atoms with Crippen LogP contribution in [-0.4, -0.2) is 17.5 Å². The Bertz CT molecular complexity index is 232. The van der Waals surface area contributed by atoms with Gasteiger partial charge in [-0.05, 0) is 27.2 Å².